The topological polar surface area (TPSA) is 102 Å². The minimum atomic E-state index is -0.490. The minimum Gasteiger partial charge on any atom is -0.456 e. The van der Waals surface area contributed by atoms with Crippen LogP contribution in [0.1, 0.15) is 31.8 Å². The first-order chi connectivity index (χ1) is 23.7. The smallest absolute Gasteiger partial charge is 0.255 e. The minimum absolute atomic E-state index is 0.205. The van der Waals surface area contributed by atoms with Gasteiger partial charge < -0.3 is 20.1 Å². The number of ether oxygens (including phenoxy) is 2. The zero-order chi connectivity index (χ0) is 34.6. The van der Waals surface area contributed by atoms with Crippen molar-refractivity contribution in [1.29, 1.82) is 0 Å². The molecule has 0 saturated heterocycles. The largest absolute Gasteiger partial charge is 0.456 e. The summed E-state index contributed by atoms with van der Waals surface area (Å²) in [5, 5.41) is 5.58. The molecule has 242 valence electrons. The van der Waals surface area contributed by atoms with E-state index in [1.165, 1.54) is 24.5 Å². The van der Waals surface area contributed by atoms with Gasteiger partial charge in [-0.05, 0) is 61.5 Å². The van der Waals surface area contributed by atoms with E-state index in [0.717, 1.165) is 18.0 Å². The van der Waals surface area contributed by atoms with Gasteiger partial charge in [0.25, 0.3) is 11.8 Å². The third-order valence-corrected chi connectivity index (χ3v) is 6.59. The Morgan fingerprint density at radius 3 is 1.59 bits per heavy atom. The average Bonchev–Trinajstić information content (AvgIpc) is 3.09. The molecule has 0 aliphatic carbocycles. The second-order valence-electron chi connectivity index (χ2n) is 10.4. The number of carbonyl (C=O) groups excluding carboxylic acids is 2. The van der Waals surface area contributed by atoms with Crippen molar-refractivity contribution in [1.82, 2.24) is 9.97 Å². The lowest BCUT2D eigenvalue weighted by Crippen LogP contribution is -2.11. The number of benzene rings is 4. The number of nitrogens with one attached hydrogen (secondary N) is 2. The van der Waals surface area contributed by atoms with Crippen LogP contribution < -0.4 is 20.1 Å². The molecule has 0 unspecified atom stereocenters. The lowest BCUT2D eigenvalue weighted by atomic mass is 10.1. The van der Waals surface area contributed by atoms with Gasteiger partial charge in [0, 0.05) is 52.3 Å². The van der Waals surface area contributed by atoms with E-state index >= 15 is 0 Å². The number of hydrogen-bond acceptors (Lipinski definition) is 6. The Hall–Kier alpha value is -6.86. The van der Waals surface area contributed by atoms with Gasteiger partial charge in [0.15, 0.2) is 0 Å². The molecule has 2 N–H and O–H groups in total. The highest BCUT2D eigenvalue weighted by molar-refractivity contribution is 6.05. The summed E-state index contributed by atoms with van der Waals surface area (Å²) in [6.45, 7) is 1.93. The lowest BCUT2D eigenvalue weighted by Gasteiger charge is -2.09. The summed E-state index contributed by atoms with van der Waals surface area (Å²) in [6, 6.07) is 30.2. The maximum Gasteiger partial charge on any atom is 0.255 e. The number of anilines is 2. The number of amides is 2. The number of halogens is 2. The van der Waals surface area contributed by atoms with Crippen LogP contribution in [0.25, 0.3) is 0 Å². The number of pyridine rings is 2. The Kier molecular flexibility index (Phi) is 11.0. The number of aryl methyl sites for hydroxylation is 1. The zero-order valence-corrected chi connectivity index (χ0v) is 26.1. The van der Waals surface area contributed by atoms with Gasteiger partial charge >= 0.3 is 0 Å². The van der Waals surface area contributed by atoms with Gasteiger partial charge in [0.1, 0.15) is 34.6 Å². The fourth-order valence-electron chi connectivity index (χ4n) is 4.39. The van der Waals surface area contributed by atoms with E-state index in [4.69, 9.17) is 15.9 Å². The van der Waals surface area contributed by atoms with E-state index in [9.17, 15) is 18.4 Å². The number of terminal acetylenes is 1. The van der Waals surface area contributed by atoms with Crippen molar-refractivity contribution >= 4 is 23.2 Å². The summed E-state index contributed by atoms with van der Waals surface area (Å²) in [5.74, 6) is 2.51. The van der Waals surface area contributed by atoms with Crippen LogP contribution in [-0.4, -0.2) is 21.8 Å². The molecule has 6 rings (SSSR count). The van der Waals surface area contributed by atoms with Crippen molar-refractivity contribution in [3.05, 3.63) is 168 Å². The van der Waals surface area contributed by atoms with Crippen LogP contribution in [0.3, 0.4) is 0 Å². The highest BCUT2D eigenvalue weighted by Gasteiger charge is 2.09. The average molecular weight is 655 g/mol. The van der Waals surface area contributed by atoms with E-state index in [0.29, 0.717) is 39.6 Å². The van der Waals surface area contributed by atoms with Crippen LogP contribution in [0.4, 0.5) is 20.2 Å². The molecule has 2 aromatic heterocycles. The van der Waals surface area contributed by atoms with Crippen LogP contribution in [-0.2, 0) is 0 Å². The number of nitrogens with zero attached hydrogens (tertiary/aromatic N) is 2. The van der Waals surface area contributed by atoms with Crippen LogP contribution >= 0.6 is 0 Å². The molecular formula is C39H28F2N4O4. The van der Waals surface area contributed by atoms with E-state index in [1.54, 1.807) is 78.9 Å². The molecule has 10 heteroatoms. The maximum absolute atomic E-state index is 13.2. The van der Waals surface area contributed by atoms with E-state index < -0.39 is 11.6 Å². The molecule has 0 aliphatic rings. The highest BCUT2D eigenvalue weighted by atomic mass is 19.1. The SMILES string of the molecule is C#Cc1cccc(C(=O)Nc2cccc(Oc3cncc(F)c3)c2)c1.Cc1cccc(C(=O)Nc2cccc(Oc3cncc(F)c3)c2)c1. The molecule has 0 bridgehead atoms. The van der Waals surface area contributed by atoms with Crippen molar-refractivity contribution in [3.63, 3.8) is 0 Å². The van der Waals surface area contributed by atoms with Gasteiger partial charge in [-0.2, -0.15) is 0 Å². The molecule has 0 aliphatic heterocycles. The molecule has 0 spiro atoms. The molecule has 8 nitrogen and oxygen atoms in total. The Morgan fingerprint density at radius 2 is 1.10 bits per heavy atom. The number of carbonyl (C=O) groups is 2. The molecule has 0 radical (unpaired) electrons. The first-order valence-corrected chi connectivity index (χ1v) is 14.8. The summed E-state index contributed by atoms with van der Waals surface area (Å²) in [5.41, 5.74) is 3.80. The summed E-state index contributed by atoms with van der Waals surface area (Å²) in [6.07, 6.45) is 10.4. The quantitative estimate of drug-likeness (QED) is 0.159. The number of hydrogen-bond donors (Lipinski definition) is 2. The zero-order valence-electron chi connectivity index (χ0n) is 26.1. The monoisotopic (exact) mass is 654 g/mol. The van der Waals surface area contributed by atoms with Crippen LogP contribution in [0.2, 0.25) is 0 Å². The van der Waals surface area contributed by atoms with Crippen molar-refractivity contribution in [3.8, 4) is 35.3 Å². The molecule has 0 atom stereocenters. The third-order valence-electron chi connectivity index (χ3n) is 6.59. The van der Waals surface area contributed by atoms with E-state index in [-0.39, 0.29) is 23.3 Å². The van der Waals surface area contributed by atoms with Crippen LogP contribution in [0.5, 0.6) is 23.0 Å². The summed E-state index contributed by atoms with van der Waals surface area (Å²) in [4.78, 5) is 32.0. The first-order valence-electron chi connectivity index (χ1n) is 14.8. The Labute approximate surface area is 281 Å². The standard InChI is InChI=1S/C20H13FN2O2.C19H15FN2O2/c1-2-14-5-3-6-15(9-14)20(24)23-17-7-4-8-18(11-17)25-19-10-16(21)12-22-13-19;1-13-4-2-5-14(8-13)19(23)22-16-6-3-7-17(10-16)24-18-9-15(20)11-21-12-18/h1,3-13H,(H,23,24);2-12H,1H3,(H,22,23). The molecule has 0 saturated carbocycles. The Bertz CT molecular complexity index is 2150. The van der Waals surface area contributed by atoms with Gasteiger partial charge in [-0.3, -0.25) is 19.6 Å². The van der Waals surface area contributed by atoms with Crippen molar-refractivity contribution < 1.29 is 27.8 Å². The number of rotatable bonds is 8. The third kappa shape index (κ3) is 10.1. The van der Waals surface area contributed by atoms with Crippen molar-refractivity contribution in [2.24, 2.45) is 0 Å². The normalized spacial score (nSPS) is 10.1. The predicted molar refractivity (Wildman–Crippen MR) is 183 cm³/mol. The van der Waals surface area contributed by atoms with Crippen molar-refractivity contribution in [2.45, 2.75) is 6.92 Å². The summed E-state index contributed by atoms with van der Waals surface area (Å²) < 4.78 is 37.4. The van der Waals surface area contributed by atoms with Gasteiger partial charge in [0.05, 0.1) is 24.8 Å². The van der Waals surface area contributed by atoms with Crippen LogP contribution in [0, 0.1) is 30.9 Å². The molecular weight excluding hydrogens is 626 g/mol. The second kappa shape index (κ2) is 16.1. The summed E-state index contributed by atoms with van der Waals surface area (Å²) >= 11 is 0. The molecule has 4 aromatic carbocycles. The van der Waals surface area contributed by atoms with Gasteiger partial charge in [-0.15, -0.1) is 6.42 Å². The fourth-order valence-corrected chi connectivity index (χ4v) is 4.39. The highest BCUT2D eigenvalue weighted by Crippen LogP contribution is 2.26. The maximum atomic E-state index is 13.2. The van der Waals surface area contributed by atoms with E-state index in [2.05, 4.69) is 26.5 Å². The Balaban J connectivity index is 0.000000191. The molecule has 0 fully saturated rings. The lowest BCUT2D eigenvalue weighted by molar-refractivity contribution is 0.101. The summed E-state index contributed by atoms with van der Waals surface area (Å²) in [7, 11) is 0. The molecule has 49 heavy (non-hydrogen) atoms. The molecule has 2 amide bonds. The fraction of sp³-hybridized carbons (Fsp3) is 0.0256. The number of aromatic nitrogens is 2. The predicted octanol–water partition coefficient (Wildman–Crippen LogP) is 8.82. The van der Waals surface area contributed by atoms with E-state index in [1.807, 2.05) is 25.1 Å². The first kappa shape index (κ1) is 33.5. The van der Waals surface area contributed by atoms with Crippen molar-refractivity contribution in [2.75, 3.05) is 10.6 Å². The van der Waals surface area contributed by atoms with Crippen LogP contribution in [0.15, 0.2) is 134 Å². The van der Waals surface area contributed by atoms with Gasteiger partial charge in [0.2, 0.25) is 0 Å². The molecule has 2 heterocycles. The Morgan fingerprint density at radius 1 is 0.612 bits per heavy atom. The van der Waals surface area contributed by atoms with Gasteiger partial charge in [-0.25, -0.2) is 8.78 Å². The second-order valence-corrected chi connectivity index (χ2v) is 10.4. The molecule has 6 aromatic rings. The van der Waals surface area contributed by atoms with Gasteiger partial charge in [-0.1, -0.05) is 41.8 Å².